The normalized spacial score (nSPS) is 28.7. The van der Waals surface area contributed by atoms with Crippen LogP contribution in [0.15, 0.2) is 49.1 Å². The van der Waals surface area contributed by atoms with E-state index in [1.807, 2.05) is 42.5 Å². The fourth-order valence-corrected chi connectivity index (χ4v) is 8.63. The van der Waals surface area contributed by atoms with Gasteiger partial charge in [-0.25, -0.2) is 13.2 Å². The molecule has 2 aliphatic heterocycles. The van der Waals surface area contributed by atoms with E-state index in [1.54, 1.807) is 27.9 Å². The van der Waals surface area contributed by atoms with Crippen molar-refractivity contribution >= 4 is 50.7 Å². The summed E-state index contributed by atoms with van der Waals surface area (Å²) in [6, 6.07) is 7.49. The third-order valence-corrected chi connectivity index (χ3v) is 12.5. The first-order valence-corrected chi connectivity index (χ1v) is 19.2. The third kappa shape index (κ3) is 7.14. The molecule has 0 unspecified atom stereocenters. The maximum Gasteiger partial charge on any atom is 0.407 e. The maximum absolute atomic E-state index is 14.7. The smallest absolute Gasteiger partial charge is 0.407 e. The Morgan fingerprint density at radius 3 is 2.48 bits per heavy atom. The second kappa shape index (κ2) is 13.8. The van der Waals surface area contributed by atoms with Gasteiger partial charge in [0.05, 0.1) is 25.5 Å². The van der Waals surface area contributed by atoms with Crippen molar-refractivity contribution in [3.8, 4) is 5.75 Å². The highest BCUT2D eigenvalue weighted by Gasteiger charge is 2.62. The molecule has 3 N–H and O–H groups in total. The number of ether oxygens (including phenoxy) is 3. The molecule has 14 heteroatoms. The Kier molecular flexibility index (Phi) is 9.94. The molecule has 1 saturated heterocycles. The fraction of sp³-hybridized carbons (Fsp3) is 0.526. The van der Waals surface area contributed by atoms with Crippen LogP contribution in [0, 0.1) is 11.3 Å². The predicted octanol–water partition coefficient (Wildman–Crippen LogP) is 3.91. The monoisotopic (exact) mass is 736 g/mol. The number of amides is 4. The molecule has 2 heterocycles. The van der Waals surface area contributed by atoms with Gasteiger partial charge in [-0.05, 0) is 72.1 Å². The molecule has 4 aliphatic rings. The van der Waals surface area contributed by atoms with E-state index in [2.05, 4.69) is 21.9 Å². The van der Waals surface area contributed by atoms with Crippen molar-refractivity contribution in [2.24, 2.45) is 11.3 Å². The largest absolute Gasteiger partial charge is 0.496 e. The van der Waals surface area contributed by atoms with E-state index in [1.165, 1.54) is 18.1 Å². The Morgan fingerprint density at radius 2 is 1.85 bits per heavy atom. The van der Waals surface area contributed by atoms with E-state index in [9.17, 15) is 27.6 Å². The number of cyclic esters (lactones) is 1. The van der Waals surface area contributed by atoms with Gasteiger partial charge in [-0.2, -0.15) is 0 Å². The van der Waals surface area contributed by atoms with E-state index in [-0.39, 0.29) is 26.0 Å². The van der Waals surface area contributed by atoms with Crippen LogP contribution in [0.3, 0.4) is 0 Å². The number of methoxy groups -OCH3 is 2. The van der Waals surface area contributed by atoms with Gasteiger partial charge in [0.25, 0.3) is 5.91 Å². The van der Waals surface area contributed by atoms with Crippen molar-refractivity contribution in [2.75, 3.05) is 27.4 Å². The summed E-state index contributed by atoms with van der Waals surface area (Å²) in [6.07, 6.45) is 6.94. The zero-order chi connectivity index (χ0) is 37.6. The first-order valence-electron chi connectivity index (χ1n) is 17.7. The minimum absolute atomic E-state index is 0.00757. The lowest BCUT2D eigenvalue weighted by Gasteiger charge is -2.36. The van der Waals surface area contributed by atoms with Crippen molar-refractivity contribution in [1.29, 1.82) is 0 Å². The number of nitrogens with one attached hydrogen (secondary N) is 3. The standard InChI is InChI=1S/C38H48N4O9S/c1-7-26-20-38(26,34(45)41-52(47,48)28-14-15-28)40-32(43)29-21-37(50-6)22-42(29)33(44)31(36(2,3)4)39-35(46)51-16-10-8-9-11-24-17-25-18-27(37)13-12-23(25)19-30(24)49-5/h7,9,11-13,17-19,26,28-29,31H,1,8,10,14-16,20-22H2,2-6H3,(H,39,46)(H,40,43)(H,41,45)/b11-9-/t26-,29+,31-,37+,38-/m1/s1. The highest BCUT2D eigenvalue weighted by Crippen LogP contribution is 2.47. The number of rotatable bonds is 8. The minimum atomic E-state index is -3.90. The van der Waals surface area contributed by atoms with Gasteiger partial charge in [0.15, 0.2) is 0 Å². The quantitative estimate of drug-likeness (QED) is 0.341. The van der Waals surface area contributed by atoms with Gasteiger partial charge in [-0.3, -0.25) is 19.1 Å². The second-order valence-corrected chi connectivity index (χ2v) is 17.3. The summed E-state index contributed by atoms with van der Waals surface area (Å²) in [6.45, 7) is 9.25. The molecule has 2 aromatic carbocycles. The highest BCUT2D eigenvalue weighted by molar-refractivity contribution is 7.91. The number of benzene rings is 2. The molecule has 0 spiro atoms. The molecule has 2 saturated carbocycles. The molecule has 3 fully saturated rings. The molecule has 6 rings (SSSR count). The molecule has 5 atom stereocenters. The average Bonchev–Trinajstić information content (AvgIpc) is 4.03. The molecule has 280 valence electrons. The minimum Gasteiger partial charge on any atom is -0.496 e. The Balaban J connectivity index is 1.42. The SMILES string of the molecule is C=C[C@@H]1C[C@]1(NC(=O)[C@@H]1C[C@]2(OC)CN1C(=O)[C@H](C(C)(C)C)NC(=O)OCCC/C=C\c1cc3cc2ccc3cc1OC)C(=O)NS(=O)(=O)C1CC1. The maximum atomic E-state index is 14.7. The zero-order valence-electron chi connectivity index (χ0n) is 30.3. The number of fused-ring (bicyclic) bond motifs is 5. The Hall–Kier alpha value is -4.43. The van der Waals surface area contributed by atoms with Crippen molar-refractivity contribution in [3.63, 3.8) is 0 Å². The molecule has 5 bridgehead atoms. The fourth-order valence-electron chi connectivity index (χ4n) is 7.27. The van der Waals surface area contributed by atoms with Crippen LogP contribution >= 0.6 is 0 Å². The van der Waals surface area contributed by atoms with E-state index >= 15 is 0 Å². The Bertz CT molecular complexity index is 1940. The van der Waals surface area contributed by atoms with Crippen molar-refractivity contribution in [2.45, 2.75) is 87.8 Å². The summed E-state index contributed by atoms with van der Waals surface area (Å²) >= 11 is 0. The molecule has 0 radical (unpaired) electrons. The number of sulfonamides is 1. The summed E-state index contributed by atoms with van der Waals surface area (Å²) in [7, 11) is -0.776. The number of hydrogen-bond donors (Lipinski definition) is 3. The molecule has 52 heavy (non-hydrogen) atoms. The molecule has 2 aromatic rings. The van der Waals surface area contributed by atoms with Crippen molar-refractivity contribution in [3.05, 3.63) is 60.2 Å². The third-order valence-electron chi connectivity index (χ3n) is 10.7. The molecule has 4 amide bonds. The van der Waals surface area contributed by atoms with Crippen LogP contribution < -0.4 is 20.1 Å². The van der Waals surface area contributed by atoms with E-state index in [4.69, 9.17) is 14.2 Å². The Morgan fingerprint density at radius 1 is 1.10 bits per heavy atom. The summed E-state index contributed by atoms with van der Waals surface area (Å²) < 4.78 is 45.0. The van der Waals surface area contributed by atoms with E-state index < -0.39 is 73.6 Å². The van der Waals surface area contributed by atoms with Crippen molar-refractivity contribution in [1.82, 2.24) is 20.3 Å². The number of allylic oxidation sites excluding steroid dienone is 1. The summed E-state index contributed by atoms with van der Waals surface area (Å²) in [5.74, 6) is -1.87. The van der Waals surface area contributed by atoms with Gasteiger partial charge in [0.1, 0.15) is 29.0 Å². The van der Waals surface area contributed by atoms with Gasteiger partial charge in [0.2, 0.25) is 21.8 Å². The number of hydrogen-bond acceptors (Lipinski definition) is 9. The molecule has 2 aliphatic carbocycles. The zero-order valence-corrected chi connectivity index (χ0v) is 31.1. The molecular weight excluding hydrogens is 689 g/mol. The highest BCUT2D eigenvalue weighted by atomic mass is 32.2. The molecule has 13 nitrogen and oxygen atoms in total. The summed E-state index contributed by atoms with van der Waals surface area (Å²) in [5, 5.41) is 6.74. The van der Waals surface area contributed by atoms with Crippen LogP contribution in [0.5, 0.6) is 5.75 Å². The summed E-state index contributed by atoms with van der Waals surface area (Å²) in [4.78, 5) is 57.2. The number of alkyl carbamates (subject to hydrolysis) is 1. The lowest BCUT2D eigenvalue weighted by atomic mass is 9.85. The van der Waals surface area contributed by atoms with Gasteiger partial charge in [-0.1, -0.05) is 51.1 Å². The molecular formula is C38H48N4O9S. The van der Waals surface area contributed by atoms with Gasteiger partial charge in [-0.15, -0.1) is 6.58 Å². The van der Waals surface area contributed by atoms with E-state index in [0.29, 0.717) is 31.4 Å². The van der Waals surface area contributed by atoms with Crippen molar-refractivity contribution < 1.29 is 41.8 Å². The van der Waals surface area contributed by atoms with E-state index in [0.717, 1.165) is 21.9 Å². The number of carbonyl (C=O) groups is 4. The number of carbonyl (C=O) groups excluding carboxylic acids is 4. The van der Waals surface area contributed by atoms with Crippen LogP contribution in [-0.4, -0.2) is 87.4 Å². The first-order chi connectivity index (χ1) is 24.6. The lowest BCUT2D eigenvalue weighted by Crippen LogP contribution is -2.60. The second-order valence-electron chi connectivity index (χ2n) is 15.3. The van der Waals surface area contributed by atoms with Crippen LogP contribution in [0.25, 0.3) is 16.8 Å². The number of nitrogens with zero attached hydrogens (tertiary/aromatic N) is 1. The predicted molar refractivity (Wildman–Crippen MR) is 195 cm³/mol. The van der Waals surface area contributed by atoms with Gasteiger partial charge < -0.3 is 29.7 Å². The summed E-state index contributed by atoms with van der Waals surface area (Å²) in [5.41, 5.74) is -1.98. The van der Waals surface area contributed by atoms with Gasteiger partial charge in [0, 0.05) is 25.0 Å². The topological polar surface area (TPSA) is 169 Å². The lowest BCUT2D eigenvalue weighted by molar-refractivity contribution is -0.143. The van der Waals surface area contributed by atoms with Crippen LogP contribution in [0.2, 0.25) is 0 Å². The van der Waals surface area contributed by atoms with Crippen LogP contribution in [0.1, 0.15) is 70.4 Å². The molecule has 0 aromatic heterocycles. The Labute approximate surface area is 304 Å². The average molecular weight is 737 g/mol. The van der Waals surface area contributed by atoms with Crippen LogP contribution in [0.4, 0.5) is 4.79 Å². The van der Waals surface area contributed by atoms with Gasteiger partial charge >= 0.3 is 6.09 Å². The first kappa shape index (κ1) is 37.3. The van der Waals surface area contributed by atoms with Crippen LogP contribution in [-0.2, 0) is 39.5 Å².